The van der Waals surface area contributed by atoms with Gasteiger partial charge in [-0.25, -0.2) is 0 Å². The molecule has 0 heterocycles. The Morgan fingerprint density at radius 2 is 1.89 bits per heavy atom. The minimum atomic E-state index is 0.477. The molecule has 0 aromatic carbocycles. The molecule has 2 heteroatoms. The van der Waals surface area contributed by atoms with Crippen LogP contribution in [0.3, 0.4) is 0 Å². The summed E-state index contributed by atoms with van der Waals surface area (Å²) in [6.07, 6.45) is 12.7. The lowest BCUT2D eigenvalue weighted by atomic mass is 9.82. The molecule has 112 valence electrons. The van der Waals surface area contributed by atoms with Crippen LogP contribution in [0.2, 0.25) is 0 Å². The van der Waals surface area contributed by atoms with E-state index in [0.29, 0.717) is 12.1 Å². The van der Waals surface area contributed by atoms with Gasteiger partial charge < -0.3 is 10.1 Å². The van der Waals surface area contributed by atoms with E-state index in [1.165, 1.54) is 57.8 Å². The second kappa shape index (κ2) is 8.26. The van der Waals surface area contributed by atoms with E-state index in [9.17, 15) is 0 Å². The number of hydrogen-bond donors (Lipinski definition) is 1. The zero-order chi connectivity index (χ0) is 13.5. The molecule has 2 aliphatic carbocycles. The first-order chi connectivity index (χ1) is 9.33. The first-order valence-corrected chi connectivity index (χ1v) is 8.68. The van der Waals surface area contributed by atoms with Gasteiger partial charge in [0.15, 0.2) is 0 Å². The Balaban J connectivity index is 1.72. The van der Waals surface area contributed by atoms with Crippen molar-refractivity contribution in [1.82, 2.24) is 5.32 Å². The zero-order valence-electron chi connectivity index (χ0n) is 13.0. The Labute approximate surface area is 119 Å². The number of nitrogens with one attached hydrogen (secondary N) is 1. The van der Waals surface area contributed by atoms with Crippen LogP contribution in [0.25, 0.3) is 0 Å². The third-order valence-corrected chi connectivity index (χ3v) is 5.22. The molecule has 3 unspecified atom stereocenters. The highest BCUT2D eigenvalue weighted by atomic mass is 16.5. The molecule has 2 fully saturated rings. The molecule has 19 heavy (non-hydrogen) atoms. The highest BCUT2D eigenvalue weighted by Crippen LogP contribution is 2.31. The quantitative estimate of drug-likeness (QED) is 0.713. The lowest BCUT2D eigenvalue weighted by Gasteiger charge is -2.37. The summed E-state index contributed by atoms with van der Waals surface area (Å²) in [5.74, 6) is 1.88. The van der Waals surface area contributed by atoms with Crippen LogP contribution in [0.15, 0.2) is 0 Å². The van der Waals surface area contributed by atoms with E-state index in [4.69, 9.17) is 4.74 Å². The minimum Gasteiger partial charge on any atom is -0.377 e. The molecule has 2 saturated carbocycles. The van der Waals surface area contributed by atoms with Crippen LogP contribution in [-0.2, 0) is 4.74 Å². The van der Waals surface area contributed by atoms with E-state index in [1.807, 2.05) is 0 Å². The van der Waals surface area contributed by atoms with Crippen molar-refractivity contribution in [2.45, 2.75) is 83.8 Å². The van der Waals surface area contributed by atoms with E-state index in [1.54, 1.807) is 0 Å². The van der Waals surface area contributed by atoms with Gasteiger partial charge in [-0.2, -0.15) is 0 Å². The number of ether oxygens (including phenoxy) is 1. The molecular formula is C17H33NO. The maximum absolute atomic E-state index is 6.27. The van der Waals surface area contributed by atoms with Gasteiger partial charge in [-0.1, -0.05) is 39.5 Å². The second-order valence-corrected chi connectivity index (χ2v) is 6.64. The van der Waals surface area contributed by atoms with Gasteiger partial charge in [-0.05, 0) is 50.5 Å². The molecule has 0 aromatic heterocycles. The molecule has 3 atom stereocenters. The zero-order valence-corrected chi connectivity index (χ0v) is 13.0. The van der Waals surface area contributed by atoms with Crippen molar-refractivity contribution in [1.29, 1.82) is 0 Å². The smallest absolute Gasteiger partial charge is 0.0730 e. The predicted molar refractivity (Wildman–Crippen MR) is 81.4 cm³/mol. The second-order valence-electron chi connectivity index (χ2n) is 6.64. The average Bonchev–Trinajstić information content (AvgIpc) is 2.39. The standard InChI is InChI=1S/C17H33NO/c1-3-11-18-16-9-8-14(4-2)13-17(16)19-12-10-15-6-5-7-15/h14-18H,3-13H2,1-2H3. The van der Waals surface area contributed by atoms with Gasteiger partial charge in [0.2, 0.25) is 0 Å². The SMILES string of the molecule is CCCNC1CCC(CC)CC1OCCC1CCC1. The minimum absolute atomic E-state index is 0.477. The van der Waals surface area contributed by atoms with E-state index in [-0.39, 0.29) is 0 Å². The first kappa shape index (κ1) is 15.3. The molecular weight excluding hydrogens is 234 g/mol. The van der Waals surface area contributed by atoms with Gasteiger partial charge in [-0.15, -0.1) is 0 Å². The summed E-state index contributed by atoms with van der Waals surface area (Å²) in [4.78, 5) is 0. The number of hydrogen-bond acceptors (Lipinski definition) is 2. The van der Waals surface area contributed by atoms with E-state index in [0.717, 1.165) is 25.0 Å². The summed E-state index contributed by atoms with van der Waals surface area (Å²) >= 11 is 0. The van der Waals surface area contributed by atoms with Crippen molar-refractivity contribution in [3.8, 4) is 0 Å². The summed E-state index contributed by atoms with van der Waals surface area (Å²) in [7, 11) is 0. The molecule has 0 aliphatic heterocycles. The average molecular weight is 267 g/mol. The molecule has 0 amide bonds. The molecule has 0 spiro atoms. The number of rotatable bonds is 8. The fourth-order valence-corrected chi connectivity index (χ4v) is 3.50. The fraction of sp³-hybridized carbons (Fsp3) is 1.00. The normalized spacial score (nSPS) is 32.2. The Bertz CT molecular complexity index is 239. The van der Waals surface area contributed by atoms with Gasteiger partial charge in [0, 0.05) is 12.6 Å². The third kappa shape index (κ3) is 4.75. The molecule has 2 aliphatic rings. The molecule has 1 N–H and O–H groups in total. The lowest BCUT2D eigenvalue weighted by molar-refractivity contribution is -0.0187. The van der Waals surface area contributed by atoms with Crippen molar-refractivity contribution in [2.75, 3.05) is 13.2 Å². The van der Waals surface area contributed by atoms with Crippen LogP contribution in [0.5, 0.6) is 0 Å². The Kier molecular flexibility index (Phi) is 6.66. The summed E-state index contributed by atoms with van der Waals surface area (Å²) in [6, 6.07) is 0.615. The Morgan fingerprint density at radius 1 is 1.05 bits per heavy atom. The molecule has 2 nitrogen and oxygen atoms in total. The van der Waals surface area contributed by atoms with E-state index >= 15 is 0 Å². The summed E-state index contributed by atoms with van der Waals surface area (Å²) < 4.78 is 6.27. The van der Waals surface area contributed by atoms with Crippen LogP contribution in [0.1, 0.15) is 71.6 Å². The van der Waals surface area contributed by atoms with Crippen LogP contribution in [0.4, 0.5) is 0 Å². The van der Waals surface area contributed by atoms with Crippen LogP contribution in [0, 0.1) is 11.8 Å². The van der Waals surface area contributed by atoms with Gasteiger partial charge >= 0.3 is 0 Å². The Morgan fingerprint density at radius 3 is 2.53 bits per heavy atom. The fourth-order valence-electron chi connectivity index (χ4n) is 3.50. The third-order valence-electron chi connectivity index (χ3n) is 5.22. The highest BCUT2D eigenvalue weighted by molar-refractivity contribution is 4.85. The van der Waals surface area contributed by atoms with Crippen molar-refractivity contribution in [3.63, 3.8) is 0 Å². The first-order valence-electron chi connectivity index (χ1n) is 8.68. The highest BCUT2D eigenvalue weighted by Gasteiger charge is 2.30. The molecule has 0 radical (unpaired) electrons. The molecule has 0 bridgehead atoms. The summed E-state index contributed by atoms with van der Waals surface area (Å²) in [5, 5.41) is 3.71. The lowest BCUT2D eigenvalue weighted by Crippen LogP contribution is -2.46. The van der Waals surface area contributed by atoms with Gasteiger partial charge in [0.05, 0.1) is 6.10 Å². The van der Waals surface area contributed by atoms with Gasteiger partial charge in [-0.3, -0.25) is 0 Å². The van der Waals surface area contributed by atoms with Crippen LogP contribution >= 0.6 is 0 Å². The maximum atomic E-state index is 6.27. The maximum Gasteiger partial charge on any atom is 0.0730 e. The van der Waals surface area contributed by atoms with E-state index in [2.05, 4.69) is 19.2 Å². The molecule has 0 saturated heterocycles. The van der Waals surface area contributed by atoms with Gasteiger partial charge in [0.25, 0.3) is 0 Å². The predicted octanol–water partition coefficient (Wildman–Crippen LogP) is 4.14. The van der Waals surface area contributed by atoms with E-state index < -0.39 is 0 Å². The summed E-state index contributed by atoms with van der Waals surface area (Å²) in [5.41, 5.74) is 0. The monoisotopic (exact) mass is 267 g/mol. The van der Waals surface area contributed by atoms with Crippen LogP contribution < -0.4 is 5.32 Å². The van der Waals surface area contributed by atoms with Crippen molar-refractivity contribution in [3.05, 3.63) is 0 Å². The molecule has 2 rings (SSSR count). The summed E-state index contributed by atoms with van der Waals surface area (Å²) in [6.45, 7) is 6.72. The van der Waals surface area contributed by atoms with Crippen molar-refractivity contribution in [2.24, 2.45) is 11.8 Å². The van der Waals surface area contributed by atoms with Crippen LogP contribution in [-0.4, -0.2) is 25.3 Å². The van der Waals surface area contributed by atoms with Crippen molar-refractivity contribution < 1.29 is 4.74 Å². The Hall–Kier alpha value is -0.0800. The largest absolute Gasteiger partial charge is 0.377 e. The molecule has 0 aromatic rings. The van der Waals surface area contributed by atoms with Crippen molar-refractivity contribution >= 4 is 0 Å². The topological polar surface area (TPSA) is 21.3 Å². The van der Waals surface area contributed by atoms with Gasteiger partial charge in [0.1, 0.15) is 0 Å².